The highest BCUT2D eigenvalue weighted by molar-refractivity contribution is 6.24. The van der Waals surface area contributed by atoms with E-state index in [2.05, 4.69) is 0 Å². The van der Waals surface area contributed by atoms with Crippen molar-refractivity contribution in [2.75, 3.05) is 0 Å². The number of benzene rings is 8. The molecule has 186 valence electrons. The first-order valence-corrected chi connectivity index (χ1v) is 11.8. The zero-order valence-electron chi connectivity index (χ0n) is 46.0. The second-order valence-electron chi connectivity index (χ2n) is 8.50. The van der Waals surface area contributed by atoms with Crippen LogP contribution >= 0.6 is 0 Å². The van der Waals surface area contributed by atoms with Crippen LogP contribution in [-0.2, 0) is 0 Å². The summed E-state index contributed by atoms with van der Waals surface area (Å²) in [6.07, 6.45) is 0. The molecule has 0 saturated carbocycles. The Balaban J connectivity index is 1.83. The molecule has 0 nitrogen and oxygen atoms in total. The Labute approximate surface area is 270 Å². The van der Waals surface area contributed by atoms with Crippen LogP contribution < -0.4 is 0 Å². The van der Waals surface area contributed by atoms with E-state index in [-0.39, 0.29) is 0 Å². The van der Waals surface area contributed by atoms with Gasteiger partial charge in [0.05, 0.1) is 35.6 Å². The molecule has 0 radical (unpaired) electrons. The van der Waals surface area contributed by atoms with Gasteiger partial charge in [-0.05, 0) is 88.6 Å². The van der Waals surface area contributed by atoms with E-state index >= 15 is 0 Å². The van der Waals surface area contributed by atoms with E-state index in [0.717, 1.165) is 0 Å². The molecular weight excluding hydrogens is 480 g/mol. The standard InChI is InChI=1S/C40H26/c1-2-13-29(14-3-1)39-35-18-8-9-19-36(35)40(34-20-10-16-28-12-6-7-17-33(28)34)37-24-23-32(26-38(37)39)31-22-21-27-11-4-5-15-30(27)25-31/h1-26H/i1D,2D,3D,4D,5D,6D,7D,8D,9D,10D,11D,12D,13D,14D,15D,16D,17D,18D,19D,20D,21D,22D,23D,24D,25D,26D. The van der Waals surface area contributed by atoms with Crippen molar-refractivity contribution in [3.8, 4) is 33.4 Å². The summed E-state index contributed by atoms with van der Waals surface area (Å²) in [6.45, 7) is 0. The molecule has 0 heterocycles. The van der Waals surface area contributed by atoms with Gasteiger partial charge in [0, 0.05) is 0 Å². The van der Waals surface area contributed by atoms with Crippen molar-refractivity contribution in [1.29, 1.82) is 0 Å². The van der Waals surface area contributed by atoms with Gasteiger partial charge in [-0.15, -0.1) is 0 Å². The lowest BCUT2D eigenvalue weighted by Crippen LogP contribution is -1.92. The molecule has 8 aromatic rings. The topological polar surface area (TPSA) is 0 Å². The lowest BCUT2D eigenvalue weighted by Gasteiger charge is -2.19. The molecule has 0 aliphatic rings. The van der Waals surface area contributed by atoms with E-state index in [9.17, 15) is 9.60 Å². The molecule has 8 aromatic carbocycles. The Morgan fingerprint density at radius 3 is 1.70 bits per heavy atom. The van der Waals surface area contributed by atoms with Gasteiger partial charge < -0.3 is 0 Å². The van der Waals surface area contributed by atoms with Gasteiger partial charge in [0.2, 0.25) is 0 Å². The summed E-state index contributed by atoms with van der Waals surface area (Å²) in [5.74, 6) is 0. The fraction of sp³-hybridized carbons (Fsp3) is 0. The van der Waals surface area contributed by atoms with Crippen LogP contribution in [0.5, 0.6) is 0 Å². The van der Waals surface area contributed by atoms with Gasteiger partial charge in [-0.1, -0.05) is 145 Å². The zero-order chi connectivity index (χ0) is 49.1. The average molecular weight is 533 g/mol. The zero-order valence-corrected chi connectivity index (χ0v) is 20.0. The molecule has 0 bridgehead atoms. The second kappa shape index (κ2) is 9.22. The van der Waals surface area contributed by atoms with E-state index < -0.39 is 234 Å². The smallest absolute Gasteiger partial charge is 0.0622 e. The molecule has 0 aromatic heterocycles. The third kappa shape index (κ3) is 3.61. The molecule has 0 unspecified atom stereocenters. The average Bonchev–Trinajstić information content (AvgIpc) is 3.28. The number of hydrogen-bond donors (Lipinski definition) is 0. The van der Waals surface area contributed by atoms with Crippen LogP contribution in [0.25, 0.3) is 76.5 Å². The maximum Gasteiger partial charge on any atom is 0.0636 e. The van der Waals surface area contributed by atoms with Crippen molar-refractivity contribution in [1.82, 2.24) is 0 Å². The number of hydrogen-bond acceptors (Lipinski definition) is 0. The van der Waals surface area contributed by atoms with Gasteiger partial charge in [0.15, 0.2) is 0 Å². The molecule has 8 rings (SSSR count). The fourth-order valence-electron chi connectivity index (χ4n) is 4.62. The van der Waals surface area contributed by atoms with Crippen molar-refractivity contribution < 1.29 is 35.6 Å². The Kier molecular flexibility index (Phi) is 1.99. The summed E-state index contributed by atoms with van der Waals surface area (Å²) < 4.78 is 232. The molecule has 0 atom stereocenters. The lowest BCUT2D eigenvalue weighted by molar-refractivity contribution is 1.65. The molecule has 0 aliphatic carbocycles. The van der Waals surface area contributed by atoms with E-state index in [1.165, 1.54) is 0 Å². The summed E-state index contributed by atoms with van der Waals surface area (Å²) in [7, 11) is 0. The first-order chi connectivity index (χ1) is 30.7. The van der Waals surface area contributed by atoms with Crippen molar-refractivity contribution in [3.63, 3.8) is 0 Å². The van der Waals surface area contributed by atoms with E-state index in [4.69, 9.17) is 26.0 Å². The molecular formula is C40H26. The van der Waals surface area contributed by atoms with Crippen molar-refractivity contribution in [2.24, 2.45) is 0 Å². The summed E-state index contributed by atoms with van der Waals surface area (Å²) in [4.78, 5) is 0. The monoisotopic (exact) mass is 532 g/mol. The van der Waals surface area contributed by atoms with Gasteiger partial charge in [0.25, 0.3) is 0 Å². The van der Waals surface area contributed by atoms with Crippen molar-refractivity contribution >= 4 is 43.1 Å². The highest BCUT2D eigenvalue weighted by Gasteiger charge is 2.18. The summed E-state index contributed by atoms with van der Waals surface area (Å²) in [5, 5.41) is -5.56. The van der Waals surface area contributed by atoms with Crippen LogP contribution in [0.2, 0.25) is 0 Å². The van der Waals surface area contributed by atoms with Crippen LogP contribution in [0, 0.1) is 0 Å². The Morgan fingerprint density at radius 2 is 0.875 bits per heavy atom. The third-order valence-corrected chi connectivity index (χ3v) is 6.31. The molecule has 0 aliphatic heterocycles. The molecule has 0 fully saturated rings. The normalized spacial score (nSPS) is 20.6. The Morgan fingerprint density at radius 1 is 0.300 bits per heavy atom. The van der Waals surface area contributed by atoms with Gasteiger partial charge in [-0.25, -0.2) is 0 Å². The van der Waals surface area contributed by atoms with Crippen LogP contribution in [0.15, 0.2) is 157 Å². The predicted octanol–water partition coefficient (Wildman–Crippen LogP) is 11.3. The quantitative estimate of drug-likeness (QED) is 0.198. The molecule has 0 heteroatoms. The Hall–Kier alpha value is -5.20. The van der Waals surface area contributed by atoms with Crippen molar-refractivity contribution in [3.05, 3.63) is 157 Å². The van der Waals surface area contributed by atoms with Crippen LogP contribution in [0.3, 0.4) is 0 Å². The van der Waals surface area contributed by atoms with Gasteiger partial charge in [-0.2, -0.15) is 0 Å². The molecule has 0 N–H and O–H groups in total. The highest BCUT2D eigenvalue weighted by Crippen LogP contribution is 2.46. The molecule has 0 saturated heterocycles. The van der Waals surface area contributed by atoms with Crippen LogP contribution in [-0.4, -0.2) is 0 Å². The maximum atomic E-state index is 9.96. The lowest BCUT2D eigenvalue weighted by atomic mass is 9.83. The molecule has 0 amide bonds. The van der Waals surface area contributed by atoms with Gasteiger partial charge in [0.1, 0.15) is 0 Å². The SMILES string of the molecule is [2H]c1c([2H])c([2H])c(-c2c3c([2H])c([2H])c([2H])c([2H])c3c(-c3c([2H])c([2H])c([2H])c4c([2H])c([2H])c([2H])c([2H])c34)c3c([2H])c([2H])c(-c4c([2H])c([2H])c5c([2H])c([2H])c([2H])c([2H])c5c4[2H])c([2H])c23)c([2H])c1[2H]. The van der Waals surface area contributed by atoms with Crippen LogP contribution in [0.4, 0.5) is 0 Å². The third-order valence-electron chi connectivity index (χ3n) is 6.31. The second-order valence-corrected chi connectivity index (χ2v) is 8.50. The first kappa shape index (κ1) is 8.65. The maximum absolute atomic E-state index is 9.96. The predicted molar refractivity (Wildman–Crippen MR) is 173 cm³/mol. The van der Waals surface area contributed by atoms with Gasteiger partial charge >= 0.3 is 0 Å². The van der Waals surface area contributed by atoms with E-state index in [0.29, 0.717) is 0 Å². The minimum Gasteiger partial charge on any atom is -0.0622 e. The number of rotatable bonds is 3. The van der Waals surface area contributed by atoms with Crippen LogP contribution in [0.1, 0.15) is 35.6 Å². The summed E-state index contributed by atoms with van der Waals surface area (Å²) in [6, 6.07) is -24.5. The fourth-order valence-corrected chi connectivity index (χ4v) is 4.62. The first-order valence-electron chi connectivity index (χ1n) is 24.8. The number of fused-ring (bicyclic) bond motifs is 4. The minimum absolute atomic E-state index is 0.572. The van der Waals surface area contributed by atoms with Crippen molar-refractivity contribution in [2.45, 2.75) is 0 Å². The molecule has 0 spiro atoms. The highest BCUT2D eigenvalue weighted by atomic mass is 14.2. The minimum atomic E-state index is -1.08. The summed E-state index contributed by atoms with van der Waals surface area (Å²) >= 11 is 0. The Bertz CT molecular complexity index is 3610. The summed E-state index contributed by atoms with van der Waals surface area (Å²) in [5.41, 5.74) is -4.76. The molecule has 40 heavy (non-hydrogen) atoms. The van der Waals surface area contributed by atoms with Gasteiger partial charge in [-0.3, -0.25) is 0 Å². The largest absolute Gasteiger partial charge is 0.0636 e. The van der Waals surface area contributed by atoms with E-state index in [1.54, 1.807) is 0 Å². The van der Waals surface area contributed by atoms with E-state index in [1.807, 2.05) is 0 Å².